The lowest BCUT2D eigenvalue weighted by Gasteiger charge is -2.31. The first kappa shape index (κ1) is 23.3. The number of likely N-dealkylation sites (N-methyl/N-ethyl adjacent to an activating group) is 1. The molecule has 2 aromatic heterocycles. The third-order valence-electron chi connectivity index (χ3n) is 5.60. The molecule has 34 heavy (non-hydrogen) atoms. The lowest BCUT2D eigenvalue weighted by molar-refractivity contribution is -0.122. The van der Waals surface area contributed by atoms with Crippen LogP contribution in [0.2, 0.25) is 0 Å². The number of amides is 1. The molecule has 0 unspecified atom stereocenters. The number of benzene rings is 1. The Bertz CT molecular complexity index is 1290. The highest BCUT2D eigenvalue weighted by atomic mass is 19.3. The second-order valence-corrected chi connectivity index (χ2v) is 7.94. The van der Waals surface area contributed by atoms with Crippen molar-refractivity contribution in [3.63, 3.8) is 0 Å². The maximum atomic E-state index is 14.4. The van der Waals surface area contributed by atoms with Crippen molar-refractivity contribution in [2.24, 2.45) is 7.05 Å². The summed E-state index contributed by atoms with van der Waals surface area (Å²) in [6.07, 6.45) is 0.362. The number of ether oxygens (including phenoxy) is 1. The Balaban J connectivity index is 1.60. The van der Waals surface area contributed by atoms with E-state index < -0.39 is 17.3 Å². The number of halogens is 3. The number of rotatable bonds is 6. The van der Waals surface area contributed by atoms with E-state index in [9.17, 15) is 22.8 Å². The normalized spacial score (nSPS) is 15.3. The molecule has 3 aromatic rings. The van der Waals surface area contributed by atoms with Crippen LogP contribution < -0.4 is 25.8 Å². The maximum Gasteiger partial charge on any atom is 0.293 e. The summed E-state index contributed by atoms with van der Waals surface area (Å²) in [6.45, 7) is -0.172. The van der Waals surface area contributed by atoms with Crippen molar-refractivity contribution in [2.45, 2.75) is 18.8 Å². The van der Waals surface area contributed by atoms with E-state index in [4.69, 9.17) is 4.74 Å². The van der Waals surface area contributed by atoms with Crippen molar-refractivity contribution in [1.82, 2.24) is 19.9 Å². The SMILES string of the molecule is CNC(=O)COc1cc2cc(Nc3nc(N4CCC(F)(F)CC4)ncc3F)ccc2n(C)c1=O. The van der Waals surface area contributed by atoms with Gasteiger partial charge in [-0.05, 0) is 24.3 Å². The van der Waals surface area contributed by atoms with Gasteiger partial charge in [0.1, 0.15) is 0 Å². The highest BCUT2D eigenvalue weighted by molar-refractivity contribution is 5.85. The molecule has 0 bridgehead atoms. The van der Waals surface area contributed by atoms with Gasteiger partial charge < -0.3 is 24.8 Å². The third kappa shape index (κ3) is 4.90. The first-order valence-electron chi connectivity index (χ1n) is 10.6. The van der Waals surface area contributed by atoms with Crippen LogP contribution in [-0.2, 0) is 11.8 Å². The standard InChI is InChI=1S/C22H23F3N6O3/c1-26-18(32)12-34-17-10-13-9-14(3-4-16(13)30(2)20(17)33)28-19-15(23)11-27-21(29-19)31-7-5-22(24,25)6-8-31/h3-4,9-11H,5-8,12H2,1-2H3,(H,26,32)(H,27,28,29). The molecule has 1 aliphatic rings. The van der Waals surface area contributed by atoms with Crippen molar-refractivity contribution in [3.05, 3.63) is 46.6 Å². The molecule has 0 aliphatic carbocycles. The number of hydrogen-bond acceptors (Lipinski definition) is 7. The summed E-state index contributed by atoms with van der Waals surface area (Å²) in [4.78, 5) is 33.7. The van der Waals surface area contributed by atoms with Crippen molar-refractivity contribution >= 4 is 34.3 Å². The van der Waals surface area contributed by atoms with Crippen LogP contribution in [0.1, 0.15) is 12.8 Å². The molecule has 0 atom stereocenters. The minimum Gasteiger partial charge on any atom is -0.478 e. The monoisotopic (exact) mass is 476 g/mol. The van der Waals surface area contributed by atoms with Gasteiger partial charge in [0.2, 0.25) is 5.95 Å². The van der Waals surface area contributed by atoms with Gasteiger partial charge in [-0.15, -0.1) is 0 Å². The Morgan fingerprint density at radius 2 is 1.97 bits per heavy atom. The van der Waals surface area contributed by atoms with Crippen molar-refractivity contribution in [2.75, 3.05) is 37.0 Å². The molecule has 1 aromatic carbocycles. The van der Waals surface area contributed by atoms with E-state index >= 15 is 0 Å². The van der Waals surface area contributed by atoms with Gasteiger partial charge in [-0.2, -0.15) is 4.98 Å². The molecule has 12 heteroatoms. The van der Waals surface area contributed by atoms with Crippen LogP contribution in [0.3, 0.4) is 0 Å². The van der Waals surface area contributed by atoms with Crippen molar-refractivity contribution < 1.29 is 22.7 Å². The lowest BCUT2D eigenvalue weighted by Crippen LogP contribution is -2.40. The molecule has 2 N–H and O–H groups in total. The van der Waals surface area contributed by atoms with E-state index in [0.29, 0.717) is 16.6 Å². The van der Waals surface area contributed by atoms with Gasteiger partial charge in [0.05, 0.1) is 11.7 Å². The number of nitrogens with one attached hydrogen (secondary N) is 2. The average molecular weight is 476 g/mol. The first-order chi connectivity index (χ1) is 16.2. The van der Waals surface area contributed by atoms with Gasteiger partial charge >= 0.3 is 0 Å². The number of alkyl halides is 2. The van der Waals surface area contributed by atoms with E-state index in [1.165, 1.54) is 17.7 Å². The molecule has 0 saturated carbocycles. The minimum absolute atomic E-state index is 0.00634. The first-order valence-corrected chi connectivity index (χ1v) is 10.6. The quantitative estimate of drug-likeness (QED) is 0.564. The molecule has 1 aliphatic heterocycles. The summed E-state index contributed by atoms with van der Waals surface area (Å²) in [7, 11) is 3.03. The predicted octanol–water partition coefficient (Wildman–Crippen LogP) is 2.57. The van der Waals surface area contributed by atoms with E-state index in [0.717, 1.165) is 6.20 Å². The Labute approximate surface area is 192 Å². The fraction of sp³-hybridized carbons (Fsp3) is 0.364. The van der Waals surface area contributed by atoms with Crippen LogP contribution >= 0.6 is 0 Å². The third-order valence-corrected chi connectivity index (χ3v) is 5.60. The summed E-state index contributed by atoms with van der Waals surface area (Å²) < 4.78 is 48.1. The van der Waals surface area contributed by atoms with Crippen LogP contribution in [0, 0.1) is 5.82 Å². The zero-order valence-corrected chi connectivity index (χ0v) is 18.6. The summed E-state index contributed by atoms with van der Waals surface area (Å²) in [6, 6.07) is 6.50. The van der Waals surface area contributed by atoms with E-state index in [1.807, 2.05) is 0 Å². The topological polar surface area (TPSA) is 101 Å². The number of nitrogens with zero attached hydrogens (tertiary/aromatic N) is 4. The summed E-state index contributed by atoms with van der Waals surface area (Å²) in [5, 5.41) is 5.89. The second kappa shape index (κ2) is 9.20. The summed E-state index contributed by atoms with van der Waals surface area (Å²) in [5.41, 5.74) is 0.661. The van der Waals surface area contributed by atoms with Gasteiger partial charge in [0.15, 0.2) is 24.0 Å². The highest BCUT2D eigenvalue weighted by Gasteiger charge is 2.35. The van der Waals surface area contributed by atoms with Crippen LogP contribution in [0.15, 0.2) is 35.3 Å². The van der Waals surface area contributed by atoms with E-state index in [1.54, 1.807) is 30.1 Å². The molecular formula is C22H23F3N6O3. The van der Waals surface area contributed by atoms with Gasteiger partial charge in [0.25, 0.3) is 17.4 Å². The second-order valence-electron chi connectivity index (χ2n) is 7.94. The number of anilines is 3. The molecular weight excluding hydrogens is 453 g/mol. The molecule has 1 amide bonds. The zero-order chi connectivity index (χ0) is 24.5. The number of piperidine rings is 1. The van der Waals surface area contributed by atoms with Gasteiger partial charge in [0, 0.05) is 51.1 Å². The van der Waals surface area contributed by atoms with Gasteiger partial charge in [-0.25, -0.2) is 18.2 Å². The fourth-order valence-corrected chi connectivity index (χ4v) is 3.62. The zero-order valence-electron chi connectivity index (χ0n) is 18.6. The highest BCUT2D eigenvalue weighted by Crippen LogP contribution is 2.30. The Hall–Kier alpha value is -3.83. The Morgan fingerprint density at radius 1 is 1.24 bits per heavy atom. The number of carbonyl (C=O) groups is 1. The molecule has 1 saturated heterocycles. The Morgan fingerprint density at radius 3 is 2.68 bits per heavy atom. The van der Waals surface area contributed by atoms with Crippen LogP contribution in [-0.4, -0.2) is 53.1 Å². The molecule has 1 fully saturated rings. The largest absolute Gasteiger partial charge is 0.478 e. The van der Waals surface area contributed by atoms with Gasteiger partial charge in [-0.1, -0.05) is 0 Å². The number of pyridine rings is 1. The molecule has 0 radical (unpaired) electrons. The number of carbonyl (C=O) groups excluding carboxylic acids is 1. The molecule has 3 heterocycles. The average Bonchev–Trinajstić information content (AvgIpc) is 2.81. The van der Waals surface area contributed by atoms with Gasteiger partial charge in [-0.3, -0.25) is 9.59 Å². The van der Waals surface area contributed by atoms with Crippen molar-refractivity contribution in [1.29, 1.82) is 0 Å². The van der Waals surface area contributed by atoms with Crippen LogP contribution in [0.25, 0.3) is 10.9 Å². The molecule has 4 rings (SSSR count). The van der Waals surface area contributed by atoms with E-state index in [-0.39, 0.29) is 56.0 Å². The number of aromatic nitrogens is 3. The van der Waals surface area contributed by atoms with Crippen LogP contribution in [0.5, 0.6) is 5.75 Å². The molecule has 9 nitrogen and oxygen atoms in total. The molecule has 180 valence electrons. The number of aryl methyl sites for hydroxylation is 1. The smallest absolute Gasteiger partial charge is 0.293 e. The minimum atomic E-state index is -2.72. The lowest BCUT2D eigenvalue weighted by atomic mass is 10.1. The summed E-state index contributed by atoms with van der Waals surface area (Å²) >= 11 is 0. The summed E-state index contributed by atoms with van der Waals surface area (Å²) in [5.74, 6) is -3.76. The van der Waals surface area contributed by atoms with Crippen LogP contribution in [0.4, 0.5) is 30.6 Å². The fourth-order valence-electron chi connectivity index (χ4n) is 3.62. The molecule has 0 spiro atoms. The number of fused-ring (bicyclic) bond motifs is 1. The number of hydrogen-bond donors (Lipinski definition) is 2. The van der Waals surface area contributed by atoms with E-state index in [2.05, 4.69) is 20.6 Å². The maximum absolute atomic E-state index is 14.4. The van der Waals surface area contributed by atoms with Crippen molar-refractivity contribution in [3.8, 4) is 5.75 Å². The Kier molecular flexibility index (Phi) is 6.31. The predicted molar refractivity (Wildman–Crippen MR) is 120 cm³/mol.